The Bertz CT molecular complexity index is 958. The van der Waals surface area contributed by atoms with E-state index in [-0.39, 0.29) is 11.5 Å². The lowest BCUT2D eigenvalue weighted by atomic mass is 10.2. The lowest BCUT2D eigenvalue weighted by molar-refractivity contribution is -0.124. The molecule has 0 fully saturated rings. The van der Waals surface area contributed by atoms with E-state index in [1.165, 1.54) is 6.07 Å². The minimum absolute atomic E-state index is 0.118. The number of rotatable bonds is 5. The van der Waals surface area contributed by atoms with Crippen LogP contribution in [0.2, 0.25) is 0 Å². The second-order valence-electron chi connectivity index (χ2n) is 5.69. The van der Waals surface area contributed by atoms with Crippen molar-refractivity contribution in [1.82, 2.24) is 19.5 Å². The molecule has 0 saturated heterocycles. The number of fused-ring (bicyclic) bond motifs is 3. The van der Waals surface area contributed by atoms with Crippen LogP contribution in [0.5, 0.6) is 0 Å². The molecule has 1 unspecified atom stereocenters. The normalized spacial score (nSPS) is 12.6. The number of carbonyl (C=O) groups excluding carboxylic acids is 1. The van der Waals surface area contributed by atoms with Gasteiger partial charge in [0.2, 0.25) is 5.91 Å². The molecule has 7 nitrogen and oxygen atoms in total. The van der Waals surface area contributed by atoms with Gasteiger partial charge in [-0.15, -0.1) is 0 Å². The van der Waals surface area contributed by atoms with E-state index in [0.717, 1.165) is 16.6 Å². The molecule has 1 atom stereocenters. The summed E-state index contributed by atoms with van der Waals surface area (Å²) in [5.41, 5.74) is 1.87. The van der Waals surface area contributed by atoms with E-state index in [9.17, 15) is 9.59 Å². The van der Waals surface area contributed by atoms with Gasteiger partial charge < -0.3 is 10.1 Å². The Morgan fingerprint density at radius 2 is 2.12 bits per heavy atom. The summed E-state index contributed by atoms with van der Waals surface area (Å²) in [6, 6.07) is 8.63. The Hall–Kier alpha value is -2.67. The predicted octanol–water partition coefficient (Wildman–Crippen LogP) is 1.28. The van der Waals surface area contributed by atoms with E-state index in [1.807, 2.05) is 47.3 Å². The highest BCUT2D eigenvalue weighted by Crippen LogP contribution is 2.24. The number of para-hydroxylation sites is 1. The van der Waals surface area contributed by atoms with Crippen LogP contribution in [0.15, 0.2) is 35.1 Å². The van der Waals surface area contributed by atoms with Gasteiger partial charge in [0.15, 0.2) is 5.65 Å². The lowest BCUT2D eigenvalue weighted by Crippen LogP contribution is -2.34. The zero-order valence-electron chi connectivity index (χ0n) is 13.9. The van der Waals surface area contributed by atoms with Crippen molar-refractivity contribution in [1.29, 1.82) is 0 Å². The molecule has 0 aliphatic carbocycles. The minimum Gasteiger partial charge on any atom is -0.383 e. The third-order valence-corrected chi connectivity index (χ3v) is 4.04. The number of methoxy groups -OCH3 is 1. The molecule has 0 bridgehead atoms. The number of hydrogen-bond acceptors (Lipinski definition) is 4. The van der Waals surface area contributed by atoms with Crippen molar-refractivity contribution in [2.24, 2.45) is 0 Å². The average molecular weight is 328 g/mol. The summed E-state index contributed by atoms with van der Waals surface area (Å²) in [6.45, 7) is 4.56. The largest absolute Gasteiger partial charge is 0.383 e. The molecule has 0 radical (unpaired) electrons. The molecule has 1 N–H and O–H groups in total. The maximum Gasteiger partial charge on any atom is 0.273 e. The molecular weight excluding hydrogens is 308 g/mol. The third-order valence-electron chi connectivity index (χ3n) is 4.04. The first-order valence-electron chi connectivity index (χ1n) is 7.81. The third kappa shape index (κ3) is 2.67. The fourth-order valence-corrected chi connectivity index (χ4v) is 2.92. The topological polar surface area (TPSA) is 77.6 Å². The molecule has 1 amide bonds. The highest BCUT2D eigenvalue weighted by Gasteiger charge is 2.21. The van der Waals surface area contributed by atoms with Crippen molar-refractivity contribution in [2.45, 2.75) is 19.9 Å². The maximum atomic E-state index is 12.5. The lowest BCUT2D eigenvalue weighted by Gasteiger charge is -2.18. The van der Waals surface area contributed by atoms with Crippen LogP contribution in [-0.2, 0) is 9.53 Å². The van der Waals surface area contributed by atoms with Gasteiger partial charge in [-0.3, -0.25) is 14.3 Å². The van der Waals surface area contributed by atoms with E-state index in [4.69, 9.17) is 4.74 Å². The van der Waals surface area contributed by atoms with Crippen LogP contribution in [0.4, 0.5) is 0 Å². The van der Waals surface area contributed by atoms with E-state index in [1.54, 1.807) is 7.11 Å². The zero-order chi connectivity index (χ0) is 17.3. The number of carbonyl (C=O) groups is 1. The van der Waals surface area contributed by atoms with Gasteiger partial charge in [0, 0.05) is 30.8 Å². The summed E-state index contributed by atoms with van der Waals surface area (Å²) >= 11 is 0. The number of amides is 1. The van der Waals surface area contributed by atoms with Crippen LogP contribution < -0.4 is 10.9 Å². The van der Waals surface area contributed by atoms with E-state index >= 15 is 0 Å². The average Bonchev–Trinajstić information content (AvgIpc) is 2.89. The first-order chi connectivity index (χ1) is 11.5. The van der Waals surface area contributed by atoms with Crippen molar-refractivity contribution in [3.05, 3.63) is 46.4 Å². The maximum absolute atomic E-state index is 12.5. The van der Waals surface area contributed by atoms with Gasteiger partial charge in [-0.25, -0.2) is 4.52 Å². The van der Waals surface area contributed by atoms with Gasteiger partial charge >= 0.3 is 0 Å². The fourth-order valence-electron chi connectivity index (χ4n) is 2.92. The molecule has 2 heterocycles. The summed E-state index contributed by atoms with van der Waals surface area (Å²) in [4.78, 5) is 28.4. The highest BCUT2D eigenvalue weighted by molar-refractivity contribution is 5.94. The van der Waals surface area contributed by atoms with Crippen LogP contribution in [-0.4, -0.2) is 40.3 Å². The predicted molar refractivity (Wildman–Crippen MR) is 91.3 cm³/mol. The Morgan fingerprint density at radius 3 is 2.88 bits per heavy atom. The summed E-state index contributed by atoms with van der Waals surface area (Å²) in [7, 11) is 1.59. The number of hydrogen-bond donors (Lipinski definition) is 1. The monoisotopic (exact) mass is 328 g/mol. The molecule has 24 heavy (non-hydrogen) atoms. The first kappa shape index (κ1) is 16.2. The van der Waals surface area contributed by atoms with Gasteiger partial charge in [-0.05, 0) is 26.0 Å². The van der Waals surface area contributed by atoms with E-state index in [0.29, 0.717) is 18.8 Å². The van der Waals surface area contributed by atoms with Crippen LogP contribution in [0.3, 0.4) is 0 Å². The summed E-state index contributed by atoms with van der Waals surface area (Å²) in [6.07, 6.45) is 0. The van der Waals surface area contributed by atoms with Crippen molar-refractivity contribution in [3.8, 4) is 0 Å². The molecule has 126 valence electrons. The summed E-state index contributed by atoms with van der Waals surface area (Å²) in [5, 5.41) is 3.69. The number of ether oxygens (including phenoxy) is 1. The molecule has 0 saturated carbocycles. The van der Waals surface area contributed by atoms with Gasteiger partial charge in [-0.2, -0.15) is 4.98 Å². The highest BCUT2D eigenvalue weighted by atomic mass is 16.5. The Morgan fingerprint density at radius 1 is 1.38 bits per heavy atom. The van der Waals surface area contributed by atoms with Gasteiger partial charge in [0.05, 0.1) is 12.1 Å². The van der Waals surface area contributed by atoms with E-state index < -0.39 is 6.04 Å². The second kappa shape index (κ2) is 6.45. The number of aryl methyl sites for hydroxylation is 1. The Kier molecular flexibility index (Phi) is 4.35. The fraction of sp³-hybridized carbons (Fsp3) is 0.353. The standard InChI is InChI=1S/C17H20N4O3/c1-11-10-15(22)19-16-13-6-4-5-7-14(13)21(20(11)16)12(2)17(23)18-8-9-24-3/h4-7,10,12H,8-9H2,1-3H3,(H,18,23). The molecule has 0 aliphatic heterocycles. The Labute approximate surface area is 138 Å². The van der Waals surface area contributed by atoms with Crippen molar-refractivity contribution in [2.75, 3.05) is 20.3 Å². The first-order valence-corrected chi connectivity index (χ1v) is 7.81. The molecule has 3 aromatic rings. The molecule has 0 aliphatic rings. The molecular formula is C17H20N4O3. The number of aromatic nitrogens is 3. The van der Waals surface area contributed by atoms with Crippen molar-refractivity contribution in [3.63, 3.8) is 0 Å². The summed E-state index contributed by atoms with van der Waals surface area (Å²) in [5.74, 6) is -0.118. The Balaban J connectivity index is 2.18. The van der Waals surface area contributed by atoms with Gasteiger partial charge in [0.25, 0.3) is 5.56 Å². The number of nitrogens with one attached hydrogen (secondary N) is 1. The van der Waals surface area contributed by atoms with E-state index in [2.05, 4.69) is 10.3 Å². The summed E-state index contributed by atoms with van der Waals surface area (Å²) < 4.78 is 8.66. The second-order valence-corrected chi connectivity index (χ2v) is 5.69. The van der Waals surface area contributed by atoms with Crippen molar-refractivity contribution < 1.29 is 9.53 Å². The van der Waals surface area contributed by atoms with Crippen LogP contribution >= 0.6 is 0 Å². The molecule has 7 heteroatoms. The van der Waals surface area contributed by atoms with Crippen LogP contribution in [0, 0.1) is 6.92 Å². The van der Waals surface area contributed by atoms with Crippen LogP contribution in [0.25, 0.3) is 16.6 Å². The van der Waals surface area contributed by atoms with Crippen molar-refractivity contribution >= 4 is 22.5 Å². The molecule has 1 aromatic carbocycles. The SMILES string of the molecule is COCCNC(=O)C(C)n1c2ccccc2c2nc(=O)cc(C)n21. The van der Waals surface area contributed by atoms with Gasteiger partial charge in [-0.1, -0.05) is 12.1 Å². The van der Waals surface area contributed by atoms with Crippen LogP contribution in [0.1, 0.15) is 18.7 Å². The molecule has 3 rings (SSSR count). The van der Waals surface area contributed by atoms with Gasteiger partial charge in [0.1, 0.15) is 6.04 Å². The smallest absolute Gasteiger partial charge is 0.273 e. The number of benzene rings is 1. The number of nitrogens with zero attached hydrogens (tertiary/aromatic N) is 3. The molecule has 0 spiro atoms. The zero-order valence-corrected chi connectivity index (χ0v) is 13.9. The quantitative estimate of drug-likeness (QED) is 0.716. The molecule has 2 aromatic heterocycles. The minimum atomic E-state index is -0.466.